The van der Waals surface area contributed by atoms with Gasteiger partial charge in [0.15, 0.2) is 0 Å². The Hall–Kier alpha value is -8.20. The van der Waals surface area contributed by atoms with E-state index in [-0.39, 0.29) is 80.3 Å². The smallest absolute Gasteiger partial charge is 0.407 e. The second-order valence-corrected chi connectivity index (χ2v) is 18.4. The molecule has 71 heavy (non-hydrogen) atoms. The van der Waals surface area contributed by atoms with Crippen molar-refractivity contribution < 1.29 is 42.6 Å². The van der Waals surface area contributed by atoms with Crippen LogP contribution in [0.25, 0.3) is 55.4 Å². The number of H-pyrrole nitrogens is 1. The molecule has 1 unspecified atom stereocenters. The van der Waals surface area contributed by atoms with E-state index in [1.54, 1.807) is 52.8 Å². The van der Waals surface area contributed by atoms with Crippen molar-refractivity contribution in [2.24, 2.45) is 7.05 Å². The summed E-state index contributed by atoms with van der Waals surface area (Å²) in [5.74, 6) is -3.19. The Morgan fingerprint density at radius 2 is 1.77 bits per heavy atom. The number of aromatic amines is 1. The molecule has 2 fully saturated rings. The summed E-state index contributed by atoms with van der Waals surface area (Å²) >= 11 is 0. The second-order valence-electron chi connectivity index (χ2n) is 18.4. The van der Waals surface area contributed by atoms with Crippen molar-refractivity contribution in [3.63, 3.8) is 0 Å². The highest BCUT2D eigenvalue weighted by molar-refractivity contribution is 6.15. The van der Waals surface area contributed by atoms with Gasteiger partial charge in [-0.15, -0.1) is 0 Å². The molecule has 1 saturated heterocycles. The molecular weight excluding hydrogens is 918 g/mol. The van der Waals surface area contributed by atoms with Gasteiger partial charge < -0.3 is 35.3 Å². The number of carbonyl (C=O) groups excluding carboxylic acids is 6. The summed E-state index contributed by atoms with van der Waals surface area (Å²) in [6.45, 7) is 3.79. The van der Waals surface area contributed by atoms with Crippen molar-refractivity contribution in [1.29, 1.82) is 0 Å². The number of fused-ring (bicyclic) bond motifs is 5. The van der Waals surface area contributed by atoms with Crippen molar-refractivity contribution in [3.8, 4) is 22.4 Å². The predicted molar refractivity (Wildman–Crippen MR) is 258 cm³/mol. The van der Waals surface area contributed by atoms with E-state index >= 15 is 4.39 Å². The van der Waals surface area contributed by atoms with Crippen molar-refractivity contribution in [2.45, 2.75) is 76.7 Å². The van der Waals surface area contributed by atoms with Crippen molar-refractivity contribution in [2.75, 3.05) is 32.2 Å². The van der Waals surface area contributed by atoms with Crippen molar-refractivity contribution >= 4 is 74.3 Å². The van der Waals surface area contributed by atoms with Crippen molar-refractivity contribution in [1.82, 2.24) is 49.7 Å². The highest BCUT2D eigenvalue weighted by Gasteiger charge is 2.39. The Kier molecular flexibility index (Phi) is 12.2. The average Bonchev–Trinajstić information content (AvgIpc) is 4.18. The molecule has 0 radical (unpaired) electrons. The fourth-order valence-corrected chi connectivity index (χ4v) is 10.2. The number of carbonyl (C=O) groups is 6. The van der Waals surface area contributed by atoms with Gasteiger partial charge in [0.05, 0.1) is 59.3 Å². The van der Waals surface area contributed by atoms with Gasteiger partial charge in [-0.3, -0.25) is 43.1 Å². The van der Waals surface area contributed by atoms with Gasteiger partial charge >= 0.3 is 11.8 Å². The van der Waals surface area contributed by atoms with E-state index in [0.717, 1.165) is 16.5 Å². The number of hydrogen-bond acceptors (Lipinski definition) is 11. The number of pyridine rings is 1. The van der Waals surface area contributed by atoms with Crippen LogP contribution in [-0.4, -0.2) is 108 Å². The minimum absolute atomic E-state index is 0.0343. The first-order chi connectivity index (χ1) is 34.2. The van der Waals surface area contributed by atoms with Crippen LogP contribution in [0.15, 0.2) is 71.8 Å². The quantitative estimate of drug-likeness (QED) is 0.0741. The SMILES string of the molecule is COC(=O)N[C@@H]1CC[C@@H](n2c(=O)n(C)c3cnc4[nH]c(-c5ccc(C(=O)NCCOCC(=O)Nc6ccc7c(c6)CN(C6CCC(=O)NC6=O)C7=O)c(F)c5)c(-c5ccc6c(cnn6C(C)C)c5)c4c32)C1. The third-order valence-corrected chi connectivity index (χ3v) is 13.6. The minimum atomic E-state index is -0.792. The van der Waals surface area contributed by atoms with Crippen LogP contribution < -0.4 is 27.0 Å². The topological polar surface area (TPSA) is 246 Å². The van der Waals surface area contributed by atoms with E-state index in [2.05, 4.69) is 31.3 Å². The van der Waals surface area contributed by atoms with E-state index in [0.29, 0.717) is 75.0 Å². The molecule has 1 aliphatic carbocycles. The summed E-state index contributed by atoms with van der Waals surface area (Å²) in [5, 5.41) is 16.7. The van der Waals surface area contributed by atoms with Gasteiger partial charge in [0.1, 0.15) is 24.1 Å². The first kappa shape index (κ1) is 46.5. The molecular formula is C50H50FN11O9. The summed E-state index contributed by atoms with van der Waals surface area (Å²) < 4.78 is 31.8. The lowest BCUT2D eigenvalue weighted by Gasteiger charge is -2.29. The van der Waals surface area contributed by atoms with E-state index in [1.165, 1.54) is 24.1 Å². The number of piperidine rings is 1. The molecule has 0 bridgehead atoms. The number of hydrogen-bond donors (Lipinski definition) is 5. The Balaban J connectivity index is 0.855. The van der Waals surface area contributed by atoms with Gasteiger partial charge in [-0.1, -0.05) is 12.1 Å². The molecule has 0 spiro atoms. The Labute approximate surface area is 403 Å². The number of ether oxygens (including phenoxy) is 2. The van der Waals surface area contributed by atoms with Gasteiger partial charge in [0.25, 0.3) is 11.8 Å². The van der Waals surface area contributed by atoms with Crippen molar-refractivity contribution in [3.05, 3.63) is 100.0 Å². The van der Waals surface area contributed by atoms with Crippen LogP contribution in [0, 0.1) is 5.82 Å². The molecule has 3 aliphatic rings. The third-order valence-electron chi connectivity index (χ3n) is 13.6. The molecule has 6 heterocycles. The molecule has 1 saturated carbocycles. The Morgan fingerprint density at radius 3 is 2.55 bits per heavy atom. The molecule has 6 amide bonds. The molecule has 4 aromatic heterocycles. The molecule has 366 valence electrons. The van der Waals surface area contributed by atoms with E-state index < -0.39 is 35.7 Å². The van der Waals surface area contributed by atoms with Gasteiger partial charge in [-0.25, -0.2) is 19.0 Å². The molecule has 10 rings (SSSR count). The van der Waals surface area contributed by atoms with Crippen LogP contribution >= 0.6 is 0 Å². The van der Waals surface area contributed by atoms with Crippen LogP contribution in [0.3, 0.4) is 0 Å². The zero-order chi connectivity index (χ0) is 49.8. The standard InChI is InChI=1S/C50H50FN11O9/c1-25(2)62-36-12-6-26(17-28(36)21-54-62)41-42-44-38(59(3)50(69)61(44)32-9-7-31(20-32)56-49(68)70-4)22-53-45(42)58-43(41)27-5-10-34(35(51)19-27)46(65)52-15-16-71-24-40(64)55-30-8-11-33-29(18-30)23-60(48(33)67)37-13-14-39(63)57-47(37)66/h5-6,8,10-12,17-19,21-22,25,31-32,37H,7,9,13-16,20,23-24H2,1-4H3,(H,52,65)(H,53,58)(H,55,64)(H,56,68)(H,57,63,66)/t31-,32-,37?/m1/s1. The number of amides is 6. The lowest BCUT2D eigenvalue weighted by Crippen LogP contribution is -2.52. The first-order valence-electron chi connectivity index (χ1n) is 23.4. The number of aromatic nitrogens is 6. The number of methoxy groups -OCH3 is 1. The van der Waals surface area contributed by atoms with Crippen LogP contribution in [0.2, 0.25) is 0 Å². The lowest BCUT2D eigenvalue weighted by atomic mass is 9.96. The molecule has 20 nitrogen and oxygen atoms in total. The minimum Gasteiger partial charge on any atom is -0.453 e. The number of halogens is 1. The maximum atomic E-state index is 16.2. The lowest BCUT2D eigenvalue weighted by molar-refractivity contribution is -0.137. The number of aryl methyl sites for hydroxylation is 1. The third kappa shape index (κ3) is 8.55. The number of imide groups is 1. The fraction of sp³-hybridized carbons (Fsp3) is 0.340. The van der Waals surface area contributed by atoms with E-state index in [4.69, 9.17) is 14.5 Å². The van der Waals surface area contributed by atoms with Crippen LogP contribution in [0.5, 0.6) is 0 Å². The highest BCUT2D eigenvalue weighted by atomic mass is 19.1. The van der Waals surface area contributed by atoms with Gasteiger partial charge in [-0.05, 0) is 93.1 Å². The summed E-state index contributed by atoms with van der Waals surface area (Å²) in [6, 6.07) is 13.9. The van der Waals surface area contributed by atoms with E-state index in [1.807, 2.05) is 36.7 Å². The monoisotopic (exact) mass is 967 g/mol. The number of rotatable bonds is 13. The maximum absolute atomic E-state index is 16.2. The Morgan fingerprint density at radius 1 is 0.958 bits per heavy atom. The molecule has 2 aliphatic heterocycles. The molecule has 21 heteroatoms. The number of nitrogens with zero attached hydrogens (tertiary/aromatic N) is 6. The zero-order valence-electron chi connectivity index (χ0n) is 39.3. The summed E-state index contributed by atoms with van der Waals surface area (Å²) in [5.41, 5.74) is 5.95. The number of nitrogens with one attached hydrogen (secondary N) is 5. The Bertz CT molecular complexity index is 3430. The average molecular weight is 968 g/mol. The molecule has 3 atom stereocenters. The normalized spacial score (nSPS) is 17.9. The van der Waals surface area contributed by atoms with Gasteiger partial charge in [-0.2, -0.15) is 5.10 Å². The summed E-state index contributed by atoms with van der Waals surface area (Å²) in [6.07, 6.45) is 5.03. The van der Waals surface area contributed by atoms with Gasteiger partial charge in [0.2, 0.25) is 17.7 Å². The van der Waals surface area contributed by atoms with Crippen LogP contribution in [0.4, 0.5) is 14.9 Å². The van der Waals surface area contributed by atoms with Crippen LogP contribution in [-0.2, 0) is 37.4 Å². The second kappa shape index (κ2) is 18.6. The van der Waals surface area contributed by atoms with Crippen LogP contribution in [0.1, 0.15) is 84.3 Å². The maximum Gasteiger partial charge on any atom is 0.407 e. The summed E-state index contributed by atoms with van der Waals surface area (Å²) in [7, 11) is 3.00. The van der Waals surface area contributed by atoms with Gasteiger partial charge in [0, 0.05) is 72.4 Å². The largest absolute Gasteiger partial charge is 0.453 e. The highest BCUT2D eigenvalue weighted by Crippen LogP contribution is 2.44. The number of alkyl carbamates (subject to hydrolysis) is 1. The molecule has 3 aromatic carbocycles. The fourth-order valence-electron chi connectivity index (χ4n) is 10.2. The first-order valence-corrected chi connectivity index (χ1v) is 23.4. The summed E-state index contributed by atoms with van der Waals surface area (Å²) in [4.78, 5) is 99.0. The number of imidazole rings is 1. The molecule has 5 N–H and O–H groups in total. The number of benzene rings is 3. The number of anilines is 1. The predicted octanol–water partition coefficient (Wildman–Crippen LogP) is 5.22. The van der Waals surface area contributed by atoms with E-state index in [9.17, 15) is 33.6 Å². The zero-order valence-corrected chi connectivity index (χ0v) is 39.3. The molecule has 7 aromatic rings.